The maximum Gasteiger partial charge on any atom is 0.416 e. The predicted octanol–water partition coefficient (Wildman–Crippen LogP) is 4.70. The summed E-state index contributed by atoms with van der Waals surface area (Å²) < 4.78 is 48.4. The van der Waals surface area contributed by atoms with Crippen molar-refractivity contribution in [1.82, 2.24) is 0 Å². The first kappa shape index (κ1) is 17.0. The minimum absolute atomic E-state index is 0.0648. The van der Waals surface area contributed by atoms with Gasteiger partial charge in [0.2, 0.25) is 0 Å². The molecule has 114 valence electrons. The maximum atomic E-state index is 12.6. The van der Waals surface area contributed by atoms with Crippen LogP contribution in [0.3, 0.4) is 0 Å². The Balaban J connectivity index is 2.45. The van der Waals surface area contributed by atoms with Gasteiger partial charge in [-0.1, -0.05) is 19.6 Å². The topological polar surface area (TPSA) is 18.5 Å². The van der Waals surface area contributed by atoms with Crippen molar-refractivity contribution in [2.45, 2.75) is 38.8 Å². The molecule has 0 saturated carbocycles. The molecule has 0 aliphatic carbocycles. The van der Waals surface area contributed by atoms with Crippen LogP contribution in [-0.2, 0) is 10.9 Å². The quantitative estimate of drug-likeness (QED) is 0.431. The fraction of sp³-hybridized carbons (Fsp3) is 0.571. The van der Waals surface area contributed by atoms with E-state index in [1.54, 1.807) is 0 Å². The zero-order valence-electron chi connectivity index (χ0n) is 12.3. The Bertz CT molecular complexity index is 439. The number of hydrogen-bond donors (Lipinski definition) is 0. The van der Waals surface area contributed by atoms with Gasteiger partial charge in [-0.3, -0.25) is 0 Å². The summed E-state index contributed by atoms with van der Waals surface area (Å²) >= 11 is 0. The average molecular weight is 306 g/mol. The van der Waals surface area contributed by atoms with Gasteiger partial charge >= 0.3 is 6.18 Å². The Morgan fingerprint density at radius 1 is 1.15 bits per heavy atom. The van der Waals surface area contributed by atoms with Crippen LogP contribution in [-0.4, -0.2) is 21.5 Å². The van der Waals surface area contributed by atoms with Crippen molar-refractivity contribution in [2.24, 2.45) is 0 Å². The summed E-state index contributed by atoms with van der Waals surface area (Å²) in [6, 6.07) is 4.76. The van der Waals surface area contributed by atoms with Crippen molar-refractivity contribution in [1.29, 1.82) is 0 Å². The molecule has 0 radical (unpaired) electrons. The fourth-order valence-electron chi connectivity index (χ4n) is 1.59. The van der Waals surface area contributed by atoms with Gasteiger partial charge in [0.25, 0.3) is 0 Å². The minimum Gasteiger partial charge on any atom is -0.468 e. The summed E-state index contributed by atoms with van der Waals surface area (Å²) in [6.07, 6.45) is -4.32. The summed E-state index contributed by atoms with van der Waals surface area (Å²) in [7, 11) is -1.13. The molecule has 0 unspecified atom stereocenters. The first-order chi connectivity index (χ1) is 9.09. The van der Waals surface area contributed by atoms with Crippen molar-refractivity contribution < 1.29 is 22.6 Å². The first-order valence-electron chi connectivity index (χ1n) is 6.48. The van der Waals surface area contributed by atoms with E-state index >= 15 is 0 Å². The van der Waals surface area contributed by atoms with E-state index in [1.165, 1.54) is 19.1 Å². The molecular formula is C14H21F3O2Si. The first-order valence-corrected chi connectivity index (χ1v) is 10.2. The molecule has 20 heavy (non-hydrogen) atoms. The number of benzene rings is 1. The third kappa shape index (κ3) is 5.96. The zero-order valence-corrected chi connectivity index (χ0v) is 13.3. The van der Waals surface area contributed by atoms with Gasteiger partial charge < -0.3 is 9.47 Å². The van der Waals surface area contributed by atoms with E-state index < -0.39 is 19.8 Å². The van der Waals surface area contributed by atoms with Crippen LogP contribution in [0, 0.1) is 6.92 Å². The van der Waals surface area contributed by atoms with Crippen LogP contribution in [0.5, 0.6) is 5.75 Å². The van der Waals surface area contributed by atoms with Gasteiger partial charge in [-0.15, -0.1) is 0 Å². The van der Waals surface area contributed by atoms with Crippen LogP contribution < -0.4 is 4.74 Å². The molecular weight excluding hydrogens is 285 g/mol. The molecule has 0 bridgehead atoms. The molecule has 0 saturated heterocycles. The minimum atomic E-state index is -4.32. The molecule has 0 amide bonds. The van der Waals surface area contributed by atoms with Crippen LogP contribution in [0.4, 0.5) is 13.2 Å². The molecule has 6 heteroatoms. The second kappa shape index (κ2) is 6.63. The molecule has 0 atom stereocenters. The lowest BCUT2D eigenvalue weighted by molar-refractivity contribution is -0.138. The monoisotopic (exact) mass is 306 g/mol. The van der Waals surface area contributed by atoms with Crippen molar-refractivity contribution in [3.8, 4) is 5.75 Å². The van der Waals surface area contributed by atoms with Gasteiger partial charge in [0.05, 0.1) is 5.56 Å². The van der Waals surface area contributed by atoms with Gasteiger partial charge in [0.15, 0.2) is 6.79 Å². The lowest BCUT2D eigenvalue weighted by Crippen LogP contribution is -2.22. The third-order valence-corrected chi connectivity index (χ3v) is 4.51. The number of halogens is 3. The van der Waals surface area contributed by atoms with E-state index in [2.05, 4.69) is 19.6 Å². The standard InChI is InChI=1S/C14H21F3O2Si/c1-11-9-12(5-6-13(11)14(15,16)17)19-10-18-7-8-20(2,3)4/h5-6,9H,7-8,10H2,1-4H3. The van der Waals surface area contributed by atoms with Crippen molar-refractivity contribution in [3.05, 3.63) is 29.3 Å². The van der Waals surface area contributed by atoms with Gasteiger partial charge in [-0.05, 0) is 36.7 Å². The molecule has 0 heterocycles. The number of ether oxygens (including phenoxy) is 2. The van der Waals surface area contributed by atoms with Crippen LogP contribution in [0.2, 0.25) is 25.7 Å². The molecule has 0 fully saturated rings. The Morgan fingerprint density at radius 2 is 1.80 bits per heavy atom. The van der Waals surface area contributed by atoms with Gasteiger partial charge in [-0.25, -0.2) is 0 Å². The van der Waals surface area contributed by atoms with Crippen LogP contribution in [0.1, 0.15) is 11.1 Å². The number of hydrogen-bond acceptors (Lipinski definition) is 2. The number of rotatable bonds is 6. The summed E-state index contributed by atoms with van der Waals surface area (Å²) in [4.78, 5) is 0. The van der Waals surface area contributed by atoms with Crippen LogP contribution in [0.25, 0.3) is 0 Å². The highest BCUT2D eigenvalue weighted by Crippen LogP contribution is 2.33. The van der Waals surface area contributed by atoms with Crippen LogP contribution >= 0.6 is 0 Å². The number of alkyl halides is 3. The second-order valence-electron chi connectivity index (χ2n) is 5.96. The van der Waals surface area contributed by atoms with Crippen molar-refractivity contribution in [2.75, 3.05) is 13.4 Å². The van der Waals surface area contributed by atoms with E-state index in [0.29, 0.717) is 12.4 Å². The summed E-state index contributed by atoms with van der Waals surface area (Å²) in [5.74, 6) is 0.392. The van der Waals surface area contributed by atoms with E-state index in [9.17, 15) is 13.2 Å². The van der Waals surface area contributed by atoms with Gasteiger partial charge in [-0.2, -0.15) is 13.2 Å². The predicted molar refractivity (Wildman–Crippen MR) is 75.8 cm³/mol. The molecule has 0 aliphatic rings. The van der Waals surface area contributed by atoms with Crippen molar-refractivity contribution in [3.63, 3.8) is 0 Å². The molecule has 2 nitrogen and oxygen atoms in total. The maximum absolute atomic E-state index is 12.6. The zero-order chi connectivity index (χ0) is 15.4. The Morgan fingerprint density at radius 3 is 2.30 bits per heavy atom. The second-order valence-corrected chi connectivity index (χ2v) is 11.6. The smallest absolute Gasteiger partial charge is 0.416 e. The lowest BCUT2D eigenvalue weighted by atomic mass is 10.1. The van der Waals surface area contributed by atoms with Gasteiger partial charge in [0, 0.05) is 14.7 Å². The SMILES string of the molecule is Cc1cc(OCOCC[Si](C)(C)C)ccc1C(F)(F)F. The van der Waals surface area contributed by atoms with Crippen molar-refractivity contribution >= 4 is 8.07 Å². The largest absolute Gasteiger partial charge is 0.468 e. The summed E-state index contributed by atoms with van der Waals surface area (Å²) in [6.45, 7) is 8.84. The fourth-order valence-corrected chi connectivity index (χ4v) is 2.35. The highest BCUT2D eigenvalue weighted by atomic mass is 28.3. The molecule has 0 N–H and O–H groups in total. The van der Waals surface area contributed by atoms with E-state index in [-0.39, 0.29) is 12.4 Å². The van der Waals surface area contributed by atoms with E-state index in [4.69, 9.17) is 9.47 Å². The van der Waals surface area contributed by atoms with E-state index in [1.807, 2.05) is 0 Å². The summed E-state index contributed by atoms with van der Waals surface area (Å²) in [5, 5.41) is 0. The molecule has 0 aromatic heterocycles. The molecule has 1 aromatic carbocycles. The molecule has 0 aliphatic heterocycles. The normalized spacial score (nSPS) is 12.6. The number of aryl methyl sites for hydroxylation is 1. The summed E-state index contributed by atoms with van der Waals surface area (Å²) in [5.41, 5.74) is -0.485. The highest BCUT2D eigenvalue weighted by Gasteiger charge is 2.32. The Hall–Kier alpha value is -1.01. The molecule has 1 aromatic rings. The average Bonchev–Trinajstić information content (AvgIpc) is 2.25. The highest BCUT2D eigenvalue weighted by molar-refractivity contribution is 6.76. The van der Waals surface area contributed by atoms with Gasteiger partial charge in [0.1, 0.15) is 5.75 Å². The third-order valence-electron chi connectivity index (χ3n) is 2.81. The molecule has 0 spiro atoms. The molecule has 1 rings (SSSR count). The Labute approximate surface area is 118 Å². The Kier molecular flexibility index (Phi) is 5.65. The van der Waals surface area contributed by atoms with E-state index in [0.717, 1.165) is 12.1 Å². The van der Waals surface area contributed by atoms with Crippen LogP contribution in [0.15, 0.2) is 18.2 Å². The lowest BCUT2D eigenvalue weighted by Gasteiger charge is -2.16.